The number of thiophene rings is 1. The summed E-state index contributed by atoms with van der Waals surface area (Å²) < 4.78 is 12.6. The Morgan fingerprint density at radius 1 is 1.12 bits per heavy atom. The van der Waals surface area contributed by atoms with Gasteiger partial charge in [-0.2, -0.15) is 0 Å². The van der Waals surface area contributed by atoms with E-state index in [0.29, 0.717) is 51.7 Å². The maximum absolute atomic E-state index is 13.0. The second-order valence-electron chi connectivity index (χ2n) is 7.15. The Bertz CT molecular complexity index is 1300. The fraction of sp³-hybridized carbons (Fsp3) is 0.208. The van der Waals surface area contributed by atoms with Crippen molar-refractivity contribution in [3.63, 3.8) is 0 Å². The van der Waals surface area contributed by atoms with Crippen LogP contribution in [0.1, 0.15) is 21.7 Å². The van der Waals surface area contributed by atoms with Gasteiger partial charge in [-0.25, -0.2) is 4.98 Å². The summed E-state index contributed by atoms with van der Waals surface area (Å²) in [4.78, 5) is 31.4. The van der Waals surface area contributed by atoms with Crippen molar-refractivity contribution in [3.05, 3.63) is 81.7 Å². The van der Waals surface area contributed by atoms with Gasteiger partial charge in [0.2, 0.25) is 0 Å². The zero-order chi connectivity index (χ0) is 22.5. The number of methoxy groups -OCH3 is 1. The van der Waals surface area contributed by atoms with Crippen molar-refractivity contribution >= 4 is 33.1 Å². The van der Waals surface area contributed by atoms with Gasteiger partial charge in [-0.05, 0) is 43.2 Å². The molecule has 2 heterocycles. The molecular weight excluding hydrogens is 426 g/mol. The number of para-hydroxylation sites is 3. The molecule has 0 radical (unpaired) electrons. The Labute approximate surface area is 189 Å². The molecule has 0 saturated carbocycles. The number of carbonyl (C=O) groups excluding carboxylic acids is 1. The molecule has 0 spiro atoms. The minimum absolute atomic E-state index is 0.153. The van der Waals surface area contributed by atoms with Gasteiger partial charge in [-0.15, -0.1) is 11.3 Å². The molecule has 0 fully saturated rings. The number of hydrogen-bond donors (Lipinski definition) is 1. The summed E-state index contributed by atoms with van der Waals surface area (Å²) in [5.41, 5.74) is 1.05. The van der Waals surface area contributed by atoms with E-state index in [4.69, 9.17) is 9.47 Å². The Kier molecular flexibility index (Phi) is 6.51. The summed E-state index contributed by atoms with van der Waals surface area (Å²) in [7, 11) is 1.55. The number of hydrogen-bond acceptors (Lipinski definition) is 6. The summed E-state index contributed by atoms with van der Waals surface area (Å²) >= 11 is 1.21. The van der Waals surface area contributed by atoms with Crippen molar-refractivity contribution in [1.29, 1.82) is 0 Å². The van der Waals surface area contributed by atoms with Crippen LogP contribution in [0.15, 0.2) is 65.7 Å². The number of aromatic nitrogens is 2. The van der Waals surface area contributed by atoms with Gasteiger partial charge in [0.25, 0.3) is 11.5 Å². The van der Waals surface area contributed by atoms with E-state index in [1.807, 2.05) is 42.5 Å². The number of nitrogens with one attached hydrogen (secondary N) is 1. The lowest BCUT2D eigenvalue weighted by atomic mass is 10.2. The first-order chi connectivity index (χ1) is 15.6. The third kappa shape index (κ3) is 4.50. The largest absolute Gasteiger partial charge is 0.495 e. The van der Waals surface area contributed by atoms with Gasteiger partial charge < -0.3 is 14.8 Å². The molecule has 0 unspecified atom stereocenters. The summed E-state index contributed by atoms with van der Waals surface area (Å²) in [5.74, 6) is 1.07. The number of amides is 1. The number of anilines is 1. The molecule has 1 N–H and O–H groups in total. The number of rotatable bonds is 8. The van der Waals surface area contributed by atoms with Crippen molar-refractivity contribution in [1.82, 2.24) is 9.55 Å². The quantitative estimate of drug-likeness (QED) is 0.401. The number of fused-ring (bicyclic) bond motifs is 1. The number of benzene rings is 2. The van der Waals surface area contributed by atoms with Crippen LogP contribution >= 0.6 is 11.3 Å². The van der Waals surface area contributed by atoms with Gasteiger partial charge in [0.1, 0.15) is 16.3 Å². The van der Waals surface area contributed by atoms with Gasteiger partial charge in [0.15, 0.2) is 0 Å². The van der Waals surface area contributed by atoms with Crippen LogP contribution in [-0.2, 0) is 6.54 Å². The molecule has 0 saturated heterocycles. The third-order valence-electron chi connectivity index (χ3n) is 5.03. The van der Waals surface area contributed by atoms with Gasteiger partial charge in [-0.3, -0.25) is 14.2 Å². The fourth-order valence-corrected chi connectivity index (χ4v) is 4.44. The second-order valence-corrected chi connectivity index (χ2v) is 8.15. The molecular formula is C24H23N3O4S. The molecule has 4 rings (SSSR count). The van der Waals surface area contributed by atoms with Gasteiger partial charge in [0.05, 0.1) is 36.0 Å². The molecule has 1 amide bonds. The smallest absolute Gasteiger partial charge is 0.266 e. The van der Waals surface area contributed by atoms with Crippen LogP contribution in [0, 0.1) is 6.92 Å². The molecule has 4 aromatic rings. The highest BCUT2D eigenvalue weighted by Crippen LogP contribution is 2.29. The molecule has 164 valence electrons. The van der Waals surface area contributed by atoms with Crippen molar-refractivity contribution in [2.45, 2.75) is 19.9 Å². The number of ether oxygens (including phenoxy) is 2. The van der Waals surface area contributed by atoms with Crippen LogP contribution < -0.4 is 20.3 Å². The van der Waals surface area contributed by atoms with E-state index in [1.54, 1.807) is 30.7 Å². The SMILES string of the molecule is COc1ccccc1NC(=O)c1sc2ncn(CCCOc3ccccc3)c(=O)c2c1C. The van der Waals surface area contributed by atoms with Crippen LogP contribution in [0.3, 0.4) is 0 Å². The molecule has 0 aliphatic carbocycles. The van der Waals surface area contributed by atoms with Crippen LogP contribution in [0.5, 0.6) is 11.5 Å². The number of carbonyl (C=O) groups is 1. The molecule has 7 nitrogen and oxygen atoms in total. The zero-order valence-electron chi connectivity index (χ0n) is 17.8. The predicted octanol–water partition coefficient (Wildman–Crippen LogP) is 4.50. The lowest BCUT2D eigenvalue weighted by Gasteiger charge is -2.09. The maximum atomic E-state index is 13.0. The molecule has 0 aliphatic rings. The Balaban J connectivity index is 1.50. The molecule has 2 aromatic heterocycles. The monoisotopic (exact) mass is 449 g/mol. The molecule has 0 bridgehead atoms. The lowest BCUT2D eigenvalue weighted by Crippen LogP contribution is -2.21. The Morgan fingerprint density at radius 3 is 2.66 bits per heavy atom. The zero-order valence-corrected chi connectivity index (χ0v) is 18.6. The van der Waals surface area contributed by atoms with E-state index < -0.39 is 0 Å². The average Bonchev–Trinajstić information content (AvgIpc) is 3.16. The summed E-state index contributed by atoms with van der Waals surface area (Å²) in [6.07, 6.45) is 2.19. The molecule has 32 heavy (non-hydrogen) atoms. The highest BCUT2D eigenvalue weighted by atomic mass is 32.1. The summed E-state index contributed by atoms with van der Waals surface area (Å²) in [6.45, 7) is 2.75. The van der Waals surface area contributed by atoms with E-state index in [-0.39, 0.29) is 11.5 Å². The molecule has 2 aromatic carbocycles. The fourth-order valence-electron chi connectivity index (χ4n) is 3.40. The van der Waals surface area contributed by atoms with Gasteiger partial charge in [-0.1, -0.05) is 30.3 Å². The van der Waals surface area contributed by atoms with Crippen molar-refractivity contribution in [3.8, 4) is 11.5 Å². The molecule has 8 heteroatoms. The normalized spacial score (nSPS) is 10.8. The van der Waals surface area contributed by atoms with E-state index in [0.717, 1.165) is 5.75 Å². The molecule has 0 atom stereocenters. The third-order valence-corrected chi connectivity index (χ3v) is 6.23. The van der Waals surface area contributed by atoms with Gasteiger partial charge in [0, 0.05) is 6.54 Å². The van der Waals surface area contributed by atoms with Crippen LogP contribution in [0.25, 0.3) is 10.2 Å². The first-order valence-corrected chi connectivity index (χ1v) is 11.0. The second kappa shape index (κ2) is 9.65. The topological polar surface area (TPSA) is 82.4 Å². The lowest BCUT2D eigenvalue weighted by molar-refractivity contribution is 0.102. The first kappa shape index (κ1) is 21.6. The van der Waals surface area contributed by atoms with Crippen LogP contribution in [0.4, 0.5) is 5.69 Å². The Morgan fingerprint density at radius 2 is 1.88 bits per heavy atom. The van der Waals surface area contributed by atoms with Crippen molar-refractivity contribution in [2.75, 3.05) is 19.0 Å². The standard InChI is InChI=1S/C24H23N3O4S/c1-16-20-23(32-21(16)22(28)26-18-11-6-7-12-19(18)30-2)25-15-27(24(20)29)13-8-14-31-17-9-4-3-5-10-17/h3-7,9-12,15H,8,13-14H2,1-2H3,(H,26,28). The predicted molar refractivity (Wildman–Crippen MR) is 126 cm³/mol. The van der Waals surface area contributed by atoms with Crippen molar-refractivity contribution in [2.24, 2.45) is 0 Å². The highest BCUT2D eigenvalue weighted by molar-refractivity contribution is 7.20. The minimum atomic E-state index is -0.294. The molecule has 0 aliphatic heterocycles. The summed E-state index contributed by atoms with van der Waals surface area (Å²) in [6, 6.07) is 16.7. The maximum Gasteiger partial charge on any atom is 0.266 e. The highest BCUT2D eigenvalue weighted by Gasteiger charge is 2.20. The number of aryl methyl sites for hydroxylation is 2. The van der Waals surface area contributed by atoms with E-state index in [9.17, 15) is 9.59 Å². The average molecular weight is 450 g/mol. The van der Waals surface area contributed by atoms with Crippen LogP contribution in [0.2, 0.25) is 0 Å². The summed E-state index contributed by atoms with van der Waals surface area (Å²) in [5, 5.41) is 3.34. The van der Waals surface area contributed by atoms with Crippen molar-refractivity contribution < 1.29 is 14.3 Å². The van der Waals surface area contributed by atoms with E-state index in [1.165, 1.54) is 17.7 Å². The Hall–Kier alpha value is -3.65. The van der Waals surface area contributed by atoms with E-state index in [2.05, 4.69) is 10.3 Å². The first-order valence-electron chi connectivity index (χ1n) is 10.2. The number of nitrogens with zero attached hydrogens (tertiary/aromatic N) is 2. The minimum Gasteiger partial charge on any atom is -0.495 e. The van der Waals surface area contributed by atoms with Crippen LogP contribution in [-0.4, -0.2) is 29.2 Å². The van der Waals surface area contributed by atoms with Gasteiger partial charge >= 0.3 is 0 Å². The van der Waals surface area contributed by atoms with E-state index >= 15 is 0 Å².